The molecule has 0 saturated carbocycles. The Morgan fingerprint density at radius 2 is 2.11 bits per heavy atom. The van der Waals surface area contributed by atoms with Crippen LogP contribution in [-0.4, -0.2) is 31.8 Å². The number of alkyl halides is 1. The van der Waals surface area contributed by atoms with Crippen LogP contribution in [0.5, 0.6) is 11.5 Å². The molecule has 0 aromatic heterocycles. The Balaban J connectivity index is 3.42. The normalized spacial score (nSPS) is 12.0. The standard InChI is InChI=1S/C12H16FNO4/c1-17-10-4-7(5-13)3-8(11(10)18-2)9(6-14)12(15)16/h3-4,9H,5-6,14H2,1-2H3,(H,15,16). The van der Waals surface area contributed by atoms with E-state index in [-0.39, 0.29) is 12.3 Å². The highest BCUT2D eigenvalue weighted by Gasteiger charge is 2.25. The first-order valence-corrected chi connectivity index (χ1v) is 5.32. The van der Waals surface area contributed by atoms with E-state index in [4.69, 9.17) is 20.3 Å². The number of carboxylic acid groups (broad SMARTS) is 1. The summed E-state index contributed by atoms with van der Waals surface area (Å²) in [6.45, 7) is -0.825. The predicted molar refractivity (Wildman–Crippen MR) is 63.8 cm³/mol. The lowest BCUT2D eigenvalue weighted by Crippen LogP contribution is -2.22. The molecule has 1 aromatic carbocycles. The van der Waals surface area contributed by atoms with Crippen molar-refractivity contribution in [1.29, 1.82) is 0 Å². The molecular weight excluding hydrogens is 241 g/mol. The summed E-state index contributed by atoms with van der Waals surface area (Å²) in [6.07, 6.45) is 0. The van der Waals surface area contributed by atoms with Crippen LogP contribution < -0.4 is 15.2 Å². The summed E-state index contributed by atoms with van der Waals surface area (Å²) in [5.74, 6) is -1.48. The average molecular weight is 257 g/mol. The third kappa shape index (κ3) is 2.70. The number of ether oxygens (including phenoxy) is 2. The first kappa shape index (κ1) is 14.2. The lowest BCUT2D eigenvalue weighted by Gasteiger charge is -2.18. The molecule has 0 aliphatic carbocycles. The summed E-state index contributed by atoms with van der Waals surface area (Å²) in [7, 11) is 2.80. The number of carbonyl (C=O) groups is 1. The van der Waals surface area contributed by atoms with Gasteiger partial charge in [-0.1, -0.05) is 0 Å². The molecular formula is C12H16FNO4. The molecule has 3 N–H and O–H groups in total. The van der Waals surface area contributed by atoms with E-state index in [0.29, 0.717) is 16.9 Å². The molecule has 100 valence electrons. The Morgan fingerprint density at radius 1 is 1.44 bits per heavy atom. The summed E-state index contributed by atoms with van der Waals surface area (Å²) in [4.78, 5) is 11.1. The summed E-state index contributed by atoms with van der Waals surface area (Å²) in [5.41, 5.74) is 6.08. The Hall–Kier alpha value is -1.82. The molecule has 0 saturated heterocycles. The van der Waals surface area contributed by atoms with Gasteiger partial charge in [-0.05, 0) is 17.7 Å². The molecule has 1 aromatic rings. The zero-order chi connectivity index (χ0) is 13.7. The van der Waals surface area contributed by atoms with E-state index in [1.54, 1.807) is 0 Å². The summed E-state index contributed by atoms with van der Waals surface area (Å²) >= 11 is 0. The number of rotatable bonds is 6. The van der Waals surface area contributed by atoms with Crippen LogP contribution in [0.4, 0.5) is 4.39 Å². The van der Waals surface area contributed by atoms with Crippen molar-refractivity contribution in [1.82, 2.24) is 0 Å². The van der Waals surface area contributed by atoms with Crippen molar-refractivity contribution in [3.05, 3.63) is 23.3 Å². The molecule has 6 heteroatoms. The third-order valence-corrected chi connectivity index (χ3v) is 2.63. The Labute approximate surface area is 104 Å². The molecule has 1 unspecified atom stereocenters. The van der Waals surface area contributed by atoms with Crippen LogP contribution in [0.1, 0.15) is 17.0 Å². The van der Waals surface area contributed by atoms with Gasteiger partial charge in [-0.2, -0.15) is 0 Å². The van der Waals surface area contributed by atoms with Gasteiger partial charge in [0.15, 0.2) is 11.5 Å². The fourth-order valence-electron chi connectivity index (χ4n) is 1.75. The maximum Gasteiger partial charge on any atom is 0.312 e. The van der Waals surface area contributed by atoms with Gasteiger partial charge in [0.25, 0.3) is 0 Å². The van der Waals surface area contributed by atoms with Crippen molar-refractivity contribution in [2.75, 3.05) is 20.8 Å². The first-order valence-electron chi connectivity index (χ1n) is 5.32. The minimum absolute atomic E-state index is 0.107. The van der Waals surface area contributed by atoms with E-state index in [1.165, 1.54) is 26.4 Å². The van der Waals surface area contributed by atoms with Crippen molar-refractivity contribution < 1.29 is 23.8 Å². The van der Waals surface area contributed by atoms with E-state index in [0.717, 1.165) is 0 Å². The van der Waals surface area contributed by atoms with Crippen molar-refractivity contribution in [2.45, 2.75) is 12.6 Å². The fourth-order valence-corrected chi connectivity index (χ4v) is 1.75. The van der Waals surface area contributed by atoms with E-state index in [2.05, 4.69) is 0 Å². The zero-order valence-corrected chi connectivity index (χ0v) is 10.3. The lowest BCUT2D eigenvalue weighted by molar-refractivity contribution is -0.138. The largest absolute Gasteiger partial charge is 0.493 e. The topological polar surface area (TPSA) is 81.8 Å². The van der Waals surface area contributed by atoms with Gasteiger partial charge in [-0.15, -0.1) is 0 Å². The molecule has 1 atom stereocenters. The molecule has 0 amide bonds. The highest BCUT2D eigenvalue weighted by molar-refractivity contribution is 5.78. The smallest absolute Gasteiger partial charge is 0.312 e. The summed E-state index contributed by atoms with van der Waals surface area (Å²) in [6, 6.07) is 2.91. The zero-order valence-electron chi connectivity index (χ0n) is 10.3. The monoisotopic (exact) mass is 257 g/mol. The van der Waals surface area contributed by atoms with Crippen LogP contribution in [-0.2, 0) is 11.5 Å². The number of carboxylic acids is 1. The van der Waals surface area contributed by atoms with Crippen molar-refractivity contribution in [3.63, 3.8) is 0 Å². The number of benzene rings is 1. The fraction of sp³-hybridized carbons (Fsp3) is 0.417. The van der Waals surface area contributed by atoms with Gasteiger partial charge in [0.05, 0.1) is 20.1 Å². The minimum Gasteiger partial charge on any atom is -0.493 e. The van der Waals surface area contributed by atoms with Crippen LogP contribution in [0, 0.1) is 0 Å². The van der Waals surface area contributed by atoms with Crippen LogP contribution in [0.3, 0.4) is 0 Å². The molecule has 0 aliphatic heterocycles. The maximum absolute atomic E-state index is 12.8. The van der Waals surface area contributed by atoms with Crippen molar-refractivity contribution in [3.8, 4) is 11.5 Å². The number of methoxy groups -OCH3 is 2. The molecule has 0 heterocycles. The van der Waals surface area contributed by atoms with Gasteiger partial charge in [-0.3, -0.25) is 4.79 Å². The number of aliphatic carboxylic acids is 1. The third-order valence-electron chi connectivity index (χ3n) is 2.63. The first-order chi connectivity index (χ1) is 8.58. The SMILES string of the molecule is COc1cc(CF)cc(C(CN)C(=O)O)c1OC. The second-order valence-electron chi connectivity index (χ2n) is 3.68. The van der Waals surface area contributed by atoms with Crippen molar-refractivity contribution >= 4 is 5.97 Å². The number of halogens is 1. The highest BCUT2D eigenvalue weighted by Crippen LogP contribution is 2.37. The van der Waals surface area contributed by atoms with Crippen LogP contribution in [0.15, 0.2) is 12.1 Å². The average Bonchev–Trinajstić information content (AvgIpc) is 2.37. The molecule has 0 aliphatic rings. The van der Waals surface area contributed by atoms with E-state index >= 15 is 0 Å². The van der Waals surface area contributed by atoms with Gasteiger partial charge >= 0.3 is 5.97 Å². The second kappa shape index (κ2) is 6.20. The summed E-state index contributed by atoms with van der Waals surface area (Å²) in [5, 5.41) is 9.10. The van der Waals surface area contributed by atoms with Gasteiger partial charge in [0, 0.05) is 12.1 Å². The molecule has 5 nitrogen and oxygen atoms in total. The maximum atomic E-state index is 12.8. The van der Waals surface area contributed by atoms with E-state index in [1.807, 2.05) is 0 Å². The molecule has 0 fully saturated rings. The Morgan fingerprint density at radius 3 is 2.50 bits per heavy atom. The second-order valence-corrected chi connectivity index (χ2v) is 3.68. The van der Waals surface area contributed by atoms with E-state index < -0.39 is 18.6 Å². The van der Waals surface area contributed by atoms with Gasteiger partial charge in [0.1, 0.15) is 6.67 Å². The molecule has 0 bridgehead atoms. The molecule has 1 rings (SSSR count). The van der Waals surface area contributed by atoms with Gasteiger partial charge in [0.2, 0.25) is 0 Å². The van der Waals surface area contributed by atoms with Crippen LogP contribution >= 0.6 is 0 Å². The number of nitrogens with two attached hydrogens (primary N) is 1. The number of hydrogen-bond acceptors (Lipinski definition) is 4. The number of hydrogen-bond donors (Lipinski definition) is 2. The van der Waals surface area contributed by atoms with Gasteiger partial charge < -0.3 is 20.3 Å². The van der Waals surface area contributed by atoms with Crippen LogP contribution in [0.25, 0.3) is 0 Å². The molecule has 0 radical (unpaired) electrons. The van der Waals surface area contributed by atoms with Gasteiger partial charge in [-0.25, -0.2) is 4.39 Å². The van der Waals surface area contributed by atoms with E-state index in [9.17, 15) is 9.18 Å². The quantitative estimate of drug-likeness (QED) is 0.802. The minimum atomic E-state index is -1.09. The molecule has 18 heavy (non-hydrogen) atoms. The predicted octanol–water partition coefficient (Wildman–Crippen LogP) is 1.30. The van der Waals surface area contributed by atoms with Crippen molar-refractivity contribution in [2.24, 2.45) is 5.73 Å². The lowest BCUT2D eigenvalue weighted by atomic mass is 9.96. The Bertz CT molecular complexity index is 436. The van der Waals surface area contributed by atoms with Crippen LogP contribution in [0.2, 0.25) is 0 Å². The highest BCUT2D eigenvalue weighted by atomic mass is 19.1. The summed E-state index contributed by atoms with van der Waals surface area (Å²) < 4.78 is 23.0. The Kier molecular flexibility index (Phi) is 4.91. The molecule has 0 spiro atoms.